The summed E-state index contributed by atoms with van der Waals surface area (Å²) in [5, 5.41) is 3.35. The molecule has 55 heavy (non-hydrogen) atoms. The highest BCUT2D eigenvalue weighted by atomic mass is 28.4. The number of anilines is 1. The highest BCUT2D eigenvalue weighted by Gasteiger charge is 2.38. The minimum absolute atomic E-state index is 0.316. The minimum atomic E-state index is -2.53. The van der Waals surface area contributed by atoms with E-state index in [1.165, 1.54) is 0 Å². The Kier molecular flexibility index (Phi) is 36.9. The summed E-state index contributed by atoms with van der Waals surface area (Å²) in [6, 6.07) is 11.6. The fourth-order valence-corrected chi connectivity index (χ4v) is 11.1. The first-order valence-corrected chi connectivity index (χ1v) is 26.6. The Morgan fingerprint density at radius 1 is 0.655 bits per heavy atom. The summed E-state index contributed by atoms with van der Waals surface area (Å²) in [4.78, 5) is 11.1. The molecule has 0 saturated heterocycles. The minimum Gasteiger partial charge on any atom is -0.462 e. The summed E-state index contributed by atoms with van der Waals surface area (Å²) >= 11 is 0. The maximum atomic E-state index is 11.1. The summed E-state index contributed by atoms with van der Waals surface area (Å²) < 4.78 is 63.8. The van der Waals surface area contributed by atoms with Crippen molar-refractivity contribution in [3.63, 3.8) is 0 Å². The molecule has 0 amide bonds. The van der Waals surface area contributed by atoms with Crippen molar-refractivity contribution < 1.29 is 58.2 Å². The molecule has 1 aromatic rings. The van der Waals surface area contributed by atoms with Crippen molar-refractivity contribution >= 4 is 46.6 Å². The summed E-state index contributed by atoms with van der Waals surface area (Å²) in [6.45, 7) is 28.5. The third-order valence-corrected chi connectivity index (χ3v) is 18.1. The fourth-order valence-electron chi connectivity index (χ4n) is 4.42. The monoisotopic (exact) mass is 853 g/mol. The first-order chi connectivity index (χ1) is 26.2. The van der Waals surface area contributed by atoms with Crippen LogP contribution in [0.5, 0.6) is 0 Å². The number of benzene rings is 1. The van der Waals surface area contributed by atoms with E-state index in [0.29, 0.717) is 57.7 Å². The van der Waals surface area contributed by atoms with Crippen molar-refractivity contribution in [2.75, 3.05) is 94.2 Å². The Labute approximate surface area is 338 Å². The molecule has 0 aliphatic heterocycles. The van der Waals surface area contributed by atoms with Gasteiger partial charge in [-0.05, 0) is 84.5 Å². The maximum Gasteiger partial charge on any atom is 0.528 e. The van der Waals surface area contributed by atoms with Gasteiger partial charge in [-0.15, -0.1) is 6.58 Å². The van der Waals surface area contributed by atoms with E-state index >= 15 is 0 Å². The van der Waals surface area contributed by atoms with E-state index in [9.17, 15) is 4.79 Å². The second-order valence-electron chi connectivity index (χ2n) is 11.2. The number of carbonyl (C=O) groups is 1. The molecule has 0 aliphatic carbocycles. The van der Waals surface area contributed by atoms with Gasteiger partial charge >= 0.3 is 40.9 Å². The molecule has 0 saturated carbocycles. The Bertz CT molecular complexity index is 1060. The molecule has 0 fully saturated rings. The quantitative estimate of drug-likeness (QED) is 0.0389. The van der Waals surface area contributed by atoms with E-state index in [1.54, 1.807) is 61.0 Å². The van der Waals surface area contributed by atoms with Crippen LogP contribution in [0, 0.1) is 0 Å². The molecule has 0 bridgehead atoms. The van der Waals surface area contributed by atoms with Gasteiger partial charge in [0.15, 0.2) is 0 Å². The molecule has 1 aromatic carbocycles. The zero-order valence-electron chi connectivity index (χ0n) is 36.2. The van der Waals surface area contributed by atoms with Gasteiger partial charge in [-0.3, -0.25) is 0 Å². The van der Waals surface area contributed by atoms with Crippen molar-refractivity contribution in [1.82, 2.24) is 0 Å². The van der Waals surface area contributed by atoms with Crippen LogP contribution >= 0.6 is 0 Å². The van der Waals surface area contributed by atoms with Crippen LogP contribution in [-0.2, 0) is 58.2 Å². The fraction of sp³-hybridized carbons (Fsp3) is 0.649. The molecule has 0 spiro atoms. The molecule has 0 atom stereocenters. The third-order valence-electron chi connectivity index (χ3n) is 7.36. The number of ether oxygens (including phenoxy) is 1. The molecular formula is C37H75NO13Si4. The number of carbonyl (C=O) groups excluding carboxylic acids is 1. The lowest BCUT2D eigenvalue weighted by molar-refractivity contribution is -0.139. The third kappa shape index (κ3) is 26.6. The zero-order valence-corrected chi connectivity index (χ0v) is 40.2. The Hall–Kier alpha value is -1.86. The molecule has 18 heteroatoms. The van der Waals surface area contributed by atoms with Crippen LogP contribution < -0.4 is 5.32 Å². The Morgan fingerprint density at radius 2 is 1.05 bits per heavy atom. The lowest BCUT2D eigenvalue weighted by Crippen LogP contribution is -2.44. The van der Waals surface area contributed by atoms with Crippen LogP contribution in [0.15, 0.2) is 67.0 Å². The van der Waals surface area contributed by atoms with E-state index in [-0.39, 0.29) is 5.97 Å². The van der Waals surface area contributed by atoms with E-state index < -0.39 is 35.0 Å². The van der Waals surface area contributed by atoms with E-state index in [4.69, 9.17) is 53.4 Å². The van der Waals surface area contributed by atoms with Crippen LogP contribution in [-0.4, -0.2) is 130 Å². The van der Waals surface area contributed by atoms with Crippen molar-refractivity contribution in [1.29, 1.82) is 0 Å². The highest BCUT2D eigenvalue weighted by molar-refractivity contribution is 6.71. The molecule has 0 radical (unpaired) electrons. The van der Waals surface area contributed by atoms with Gasteiger partial charge in [0.05, 0.1) is 6.61 Å². The summed E-state index contributed by atoms with van der Waals surface area (Å²) in [5.41, 5.74) is 5.00. The van der Waals surface area contributed by atoms with E-state index in [2.05, 4.69) is 25.1 Å². The topological polar surface area (TPSA) is 140 Å². The summed E-state index contributed by atoms with van der Waals surface area (Å²) in [7, 11) is 0.201. The lowest BCUT2D eigenvalue weighted by Gasteiger charge is -2.24. The Balaban J connectivity index is -0.000000670. The van der Waals surface area contributed by atoms with Crippen LogP contribution in [0.4, 0.5) is 5.69 Å². The molecule has 0 unspecified atom stereocenters. The van der Waals surface area contributed by atoms with E-state index in [0.717, 1.165) is 24.7 Å². The lowest BCUT2D eigenvalue weighted by atomic mass is 10.3. The number of para-hydroxylation sites is 1. The van der Waals surface area contributed by atoms with Crippen molar-refractivity contribution in [3.05, 3.63) is 67.0 Å². The second kappa shape index (κ2) is 35.3. The van der Waals surface area contributed by atoms with Crippen molar-refractivity contribution in [3.8, 4) is 0 Å². The predicted octanol–water partition coefficient (Wildman–Crippen LogP) is 7.36. The van der Waals surface area contributed by atoms with Crippen LogP contribution in [0.2, 0.25) is 18.6 Å². The normalized spacial score (nSPS) is 11.4. The van der Waals surface area contributed by atoms with E-state index in [1.807, 2.05) is 71.5 Å². The van der Waals surface area contributed by atoms with Crippen molar-refractivity contribution in [2.24, 2.45) is 0 Å². The van der Waals surface area contributed by atoms with Crippen LogP contribution in [0.25, 0.3) is 0 Å². The van der Waals surface area contributed by atoms with Gasteiger partial charge < -0.3 is 58.7 Å². The molecule has 0 aliphatic rings. The van der Waals surface area contributed by atoms with Gasteiger partial charge in [-0.1, -0.05) is 31.4 Å². The van der Waals surface area contributed by atoms with Gasteiger partial charge in [0.25, 0.3) is 0 Å². The molecule has 0 heterocycles. The van der Waals surface area contributed by atoms with Gasteiger partial charge in [0.2, 0.25) is 0 Å². The molecule has 0 aromatic heterocycles. The van der Waals surface area contributed by atoms with Gasteiger partial charge in [-0.25, -0.2) is 4.79 Å². The Morgan fingerprint density at radius 3 is 1.38 bits per heavy atom. The molecule has 322 valence electrons. The largest absolute Gasteiger partial charge is 0.528 e. The van der Waals surface area contributed by atoms with Gasteiger partial charge in [0.1, 0.15) is 0 Å². The van der Waals surface area contributed by atoms with Crippen LogP contribution in [0.3, 0.4) is 0 Å². The number of hydrogen-bond donors (Lipinski definition) is 1. The maximum absolute atomic E-state index is 11.1. The standard InChI is InChI=1S/C12H21NO3Si.C10H20O5Si.C8H18O3Si.C7H16O2Si/c1-14-17(15-2,16-3)11-7-10-13-12-8-5-4-6-9-12;1-9(2)10(11)15-7-6-8-16(12-3,13-4)14-5;1-5-9-12(8-4,10-6-2)11-7-3;1-5-8-10(4,7-3)9-6-2/h4-6,8-9,13H,7,10-11H2,1-3H3;1,6-8H2,2-5H3;8H,4-7H2,1-3H3;7H,3,5-6H2,1-2,4H3. The average Bonchev–Trinajstić information content (AvgIpc) is 3.20. The SMILES string of the molecule is C=C(C)C(=O)OCCC[Si](OC)(OC)OC.C=C[Si](C)(OCC)OCC.C=C[Si](OCC)(OCC)OCC.CO[Si](CCCNc1ccccc1)(OC)OC. The van der Waals surface area contributed by atoms with Gasteiger partial charge in [0, 0.05) is 106 Å². The second-order valence-corrected chi connectivity index (χ2v) is 22.9. The molecule has 14 nitrogen and oxygen atoms in total. The smallest absolute Gasteiger partial charge is 0.462 e. The summed E-state index contributed by atoms with van der Waals surface area (Å²) in [5.74, 6) is -0.375. The highest BCUT2D eigenvalue weighted by Crippen LogP contribution is 2.16. The number of hydrogen-bond acceptors (Lipinski definition) is 14. The first kappa shape index (κ1) is 57.5. The average molecular weight is 854 g/mol. The van der Waals surface area contributed by atoms with Gasteiger partial charge in [-0.2, -0.15) is 0 Å². The number of nitrogens with one attached hydrogen (secondary N) is 1. The predicted molar refractivity (Wildman–Crippen MR) is 229 cm³/mol. The molecule has 1 N–H and O–H groups in total. The van der Waals surface area contributed by atoms with Crippen molar-refractivity contribution in [2.45, 2.75) is 73.0 Å². The van der Waals surface area contributed by atoms with Crippen LogP contribution in [0.1, 0.15) is 54.4 Å². The zero-order chi connectivity index (χ0) is 42.7. The number of esters is 1. The summed E-state index contributed by atoms with van der Waals surface area (Å²) in [6.07, 6.45) is 1.59. The molecular weight excluding hydrogens is 779 g/mol. The first-order valence-electron chi connectivity index (χ1n) is 18.6. The molecule has 1 rings (SSSR count). The number of rotatable bonds is 28.